The van der Waals surface area contributed by atoms with Gasteiger partial charge in [-0.1, -0.05) is 13.3 Å². The van der Waals surface area contributed by atoms with Crippen LogP contribution in [0.1, 0.15) is 42.8 Å². The number of rotatable bonds is 5. The molecule has 2 N–H and O–H groups in total. The fraction of sp³-hybridized carbons (Fsp3) is 0.800. The molecular weight excluding hydrogens is 268 g/mol. The molecule has 4 nitrogen and oxygen atoms in total. The topological polar surface area (TPSA) is 45.4 Å². The number of hydrogen-bond donors (Lipinski definition) is 1. The van der Waals surface area contributed by atoms with Crippen LogP contribution in [0.2, 0.25) is 0 Å². The van der Waals surface area contributed by atoms with Crippen LogP contribution in [0, 0.1) is 0 Å². The van der Waals surface area contributed by atoms with Gasteiger partial charge in [0.15, 0.2) is 0 Å². The molecule has 0 bridgehead atoms. The first-order valence-electron chi connectivity index (χ1n) is 7.59. The van der Waals surface area contributed by atoms with Crippen LogP contribution in [0.3, 0.4) is 0 Å². The average molecular weight is 296 g/mol. The molecular formula is C15H28N4S. The zero-order chi connectivity index (χ0) is 14.8. The van der Waals surface area contributed by atoms with E-state index in [2.05, 4.69) is 37.6 Å². The highest BCUT2D eigenvalue weighted by Gasteiger charge is 2.24. The Balaban J connectivity index is 2.08. The van der Waals surface area contributed by atoms with Crippen molar-refractivity contribution in [2.75, 3.05) is 33.2 Å². The molecule has 0 unspecified atom stereocenters. The Hall–Kier alpha value is -0.490. The lowest BCUT2D eigenvalue weighted by Gasteiger charge is -2.31. The van der Waals surface area contributed by atoms with Gasteiger partial charge in [0.1, 0.15) is 5.01 Å². The Bertz CT molecular complexity index is 428. The summed E-state index contributed by atoms with van der Waals surface area (Å²) in [6.45, 7) is 11.9. The molecule has 1 aromatic rings. The van der Waals surface area contributed by atoms with E-state index in [1.807, 2.05) is 11.3 Å². The van der Waals surface area contributed by atoms with Crippen LogP contribution in [0.5, 0.6) is 0 Å². The van der Waals surface area contributed by atoms with E-state index in [-0.39, 0.29) is 5.54 Å². The summed E-state index contributed by atoms with van der Waals surface area (Å²) in [5, 5.41) is 1.23. The Kier molecular flexibility index (Phi) is 5.18. The van der Waals surface area contributed by atoms with E-state index in [1.165, 1.54) is 15.6 Å². The molecule has 1 aliphatic rings. The van der Waals surface area contributed by atoms with Gasteiger partial charge in [-0.15, -0.1) is 11.3 Å². The zero-order valence-corrected chi connectivity index (χ0v) is 14.1. The molecule has 5 heteroatoms. The SMILES string of the molecule is CCCc1nc(CN2CCN(C)CC2)sc1C(C)(C)N. The van der Waals surface area contributed by atoms with Crippen molar-refractivity contribution in [1.82, 2.24) is 14.8 Å². The summed E-state index contributed by atoms with van der Waals surface area (Å²) in [6, 6.07) is 0. The summed E-state index contributed by atoms with van der Waals surface area (Å²) in [5.41, 5.74) is 7.24. The van der Waals surface area contributed by atoms with Crippen molar-refractivity contribution in [3.63, 3.8) is 0 Å². The number of likely N-dealkylation sites (N-methyl/N-ethyl adjacent to an activating group) is 1. The second-order valence-electron chi connectivity index (χ2n) is 6.43. The van der Waals surface area contributed by atoms with E-state index in [4.69, 9.17) is 10.7 Å². The third-order valence-electron chi connectivity index (χ3n) is 3.77. The molecule has 2 rings (SSSR count). The van der Waals surface area contributed by atoms with Gasteiger partial charge in [-0.2, -0.15) is 0 Å². The van der Waals surface area contributed by atoms with Gasteiger partial charge in [-0.3, -0.25) is 4.90 Å². The van der Waals surface area contributed by atoms with E-state index in [0.29, 0.717) is 0 Å². The maximum atomic E-state index is 6.30. The fourth-order valence-corrected chi connectivity index (χ4v) is 3.74. The van der Waals surface area contributed by atoms with Gasteiger partial charge < -0.3 is 10.6 Å². The summed E-state index contributed by atoms with van der Waals surface area (Å²) in [6.07, 6.45) is 2.16. The summed E-state index contributed by atoms with van der Waals surface area (Å²) < 4.78 is 0. The van der Waals surface area contributed by atoms with Crippen LogP contribution in [-0.4, -0.2) is 48.0 Å². The largest absolute Gasteiger partial charge is 0.321 e. The average Bonchev–Trinajstić information content (AvgIpc) is 2.75. The van der Waals surface area contributed by atoms with E-state index >= 15 is 0 Å². The van der Waals surface area contributed by atoms with Crippen molar-refractivity contribution in [2.24, 2.45) is 5.73 Å². The first-order valence-corrected chi connectivity index (χ1v) is 8.40. The quantitative estimate of drug-likeness (QED) is 0.903. The molecule has 1 saturated heterocycles. The minimum atomic E-state index is -0.275. The molecule has 114 valence electrons. The number of hydrogen-bond acceptors (Lipinski definition) is 5. The molecule has 0 saturated carbocycles. The summed E-state index contributed by atoms with van der Waals surface area (Å²) >= 11 is 1.81. The van der Waals surface area contributed by atoms with Crippen LogP contribution in [-0.2, 0) is 18.5 Å². The van der Waals surface area contributed by atoms with Crippen LogP contribution in [0.25, 0.3) is 0 Å². The summed E-state index contributed by atoms with van der Waals surface area (Å²) in [4.78, 5) is 11.0. The van der Waals surface area contributed by atoms with Crippen LogP contribution < -0.4 is 5.73 Å². The summed E-state index contributed by atoms with van der Waals surface area (Å²) in [7, 11) is 2.19. The molecule has 0 aromatic carbocycles. The van der Waals surface area contributed by atoms with E-state index in [9.17, 15) is 0 Å². The van der Waals surface area contributed by atoms with Gasteiger partial charge in [-0.05, 0) is 27.3 Å². The minimum absolute atomic E-state index is 0.275. The standard InChI is InChI=1S/C15H28N4S/c1-5-6-12-14(15(2,3)16)20-13(17-12)11-19-9-7-18(4)8-10-19/h5-11,16H2,1-4H3. The monoisotopic (exact) mass is 296 g/mol. The molecule has 1 fully saturated rings. The highest BCUT2D eigenvalue weighted by Crippen LogP contribution is 2.29. The van der Waals surface area contributed by atoms with E-state index in [0.717, 1.165) is 45.6 Å². The number of nitrogens with two attached hydrogens (primary N) is 1. The number of aryl methyl sites for hydroxylation is 1. The van der Waals surface area contributed by atoms with Crippen molar-refractivity contribution in [1.29, 1.82) is 0 Å². The number of thiazole rings is 1. The molecule has 0 spiro atoms. The lowest BCUT2D eigenvalue weighted by atomic mass is 10.0. The number of piperazine rings is 1. The van der Waals surface area contributed by atoms with Gasteiger partial charge in [-0.25, -0.2) is 4.98 Å². The van der Waals surface area contributed by atoms with Gasteiger partial charge in [0.2, 0.25) is 0 Å². The van der Waals surface area contributed by atoms with E-state index < -0.39 is 0 Å². The molecule has 0 radical (unpaired) electrons. The highest BCUT2D eigenvalue weighted by molar-refractivity contribution is 7.11. The van der Waals surface area contributed by atoms with Gasteiger partial charge >= 0.3 is 0 Å². The lowest BCUT2D eigenvalue weighted by Crippen LogP contribution is -2.43. The van der Waals surface area contributed by atoms with Gasteiger partial charge in [0.25, 0.3) is 0 Å². The van der Waals surface area contributed by atoms with Gasteiger partial charge in [0.05, 0.1) is 12.2 Å². The Morgan fingerprint density at radius 2 is 1.90 bits per heavy atom. The predicted molar refractivity (Wildman–Crippen MR) is 86.1 cm³/mol. The van der Waals surface area contributed by atoms with Crippen molar-refractivity contribution < 1.29 is 0 Å². The molecule has 0 aliphatic carbocycles. The third-order valence-corrected chi connectivity index (χ3v) is 5.19. The van der Waals surface area contributed by atoms with Crippen LogP contribution in [0.4, 0.5) is 0 Å². The molecule has 0 atom stereocenters. The van der Waals surface area contributed by atoms with Crippen molar-refractivity contribution >= 4 is 11.3 Å². The maximum Gasteiger partial charge on any atom is 0.107 e. The molecule has 2 heterocycles. The predicted octanol–water partition coefficient (Wildman–Crippen LogP) is 2.04. The molecule has 1 aliphatic heterocycles. The third kappa shape index (κ3) is 4.01. The smallest absolute Gasteiger partial charge is 0.107 e. The van der Waals surface area contributed by atoms with Crippen LogP contribution in [0.15, 0.2) is 0 Å². The van der Waals surface area contributed by atoms with Crippen molar-refractivity contribution in [2.45, 2.75) is 45.7 Å². The second-order valence-corrected chi connectivity index (χ2v) is 7.52. The Morgan fingerprint density at radius 1 is 1.25 bits per heavy atom. The zero-order valence-electron chi connectivity index (χ0n) is 13.3. The van der Waals surface area contributed by atoms with Crippen LogP contribution >= 0.6 is 11.3 Å². The fourth-order valence-electron chi connectivity index (χ4n) is 2.58. The number of aromatic nitrogens is 1. The van der Waals surface area contributed by atoms with E-state index in [1.54, 1.807) is 0 Å². The van der Waals surface area contributed by atoms with Gasteiger partial charge in [0, 0.05) is 36.6 Å². The lowest BCUT2D eigenvalue weighted by molar-refractivity contribution is 0.148. The van der Waals surface area contributed by atoms with Crippen molar-refractivity contribution in [3.8, 4) is 0 Å². The molecule has 20 heavy (non-hydrogen) atoms. The first-order chi connectivity index (χ1) is 9.40. The second kappa shape index (κ2) is 6.52. The first kappa shape index (κ1) is 15.9. The normalized spacial score (nSPS) is 18.6. The Morgan fingerprint density at radius 3 is 2.45 bits per heavy atom. The molecule has 1 aromatic heterocycles. The maximum absolute atomic E-state index is 6.30. The summed E-state index contributed by atoms with van der Waals surface area (Å²) in [5.74, 6) is 0. The van der Waals surface area contributed by atoms with Crippen molar-refractivity contribution in [3.05, 3.63) is 15.6 Å². The Labute approximate surface area is 127 Å². The molecule has 0 amide bonds. The highest BCUT2D eigenvalue weighted by atomic mass is 32.1. The number of nitrogens with zero attached hydrogens (tertiary/aromatic N) is 3. The minimum Gasteiger partial charge on any atom is -0.321 e.